The van der Waals surface area contributed by atoms with E-state index in [9.17, 15) is 4.79 Å². The number of methoxy groups -OCH3 is 3. The minimum atomic E-state index is -0.679. The van der Waals surface area contributed by atoms with Gasteiger partial charge in [-0.2, -0.15) is 0 Å². The Morgan fingerprint density at radius 3 is 2.17 bits per heavy atom. The molecule has 0 heterocycles. The highest BCUT2D eigenvalue weighted by Gasteiger charge is 2.16. The normalized spacial score (nSPS) is 11.8. The molecule has 0 aromatic heterocycles. The van der Waals surface area contributed by atoms with Crippen LogP contribution in [-0.2, 0) is 9.53 Å². The number of carbonyl (C=O) groups excluding carboxylic acids is 1. The van der Waals surface area contributed by atoms with Crippen molar-refractivity contribution < 1.29 is 19.0 Å². The van der Waals surface area contributed by atoms with Gasteiger partial charge in [0.05, 0.1) is 14.2 Å². The maximum atomic E-state index is 11.8. The summed E-state index contributed by atoms with van der Waals surface area (Å²) < 4.78 is 15.2. The van der Waals surface area contributed by atoms with Gasteiger partial charge in [-0.25, -0.2) is 0 Å². The lowest BCUT2D eigenvalue weighted by molar-refractivity contribution is -0.125. The van der Waals surface area contributed by atoms with Gasteiger partial charge in [0.15, 0.2) is 0 Å². The molecule has 1 amide bonds. The van der Waals surface area contributed by atoms with E-state index < -0.39 is 6.10 Å². The average molecular weight is 254 g/mol. The van der Waals surface area contributed by atoms with E-state index in [1.54, 1.807) is 18.2 Å². The monoisotopic (exact) mass is 254 g/mol. The highest BCUT2D eigenvalue weighted by atomic mass is 16.5. The van der Waals surface area contributed by atoms with E-state index in [4.69, 9.17) is 19.9 Å². The van der Waals surface area contributed by atoms with E-state index in [0.717, 1.165) is 0 Å². The van der Waals surface area contributed by atoms with Gasteiger partial charge >= 0.3 is 0 Å². The second-order valence-electron chi connectivity index (χ2n) is 3.55. The van der Waals surface area contributed by atoms with Crippen molar-refractivity contribution >= 4 is 11.6 Å². The van der Waals surface area contributed by atoms with Crippen LogP contribution < -0.4 is 20.5 Å². The molecular formula is C12H18N2O4. The number of hydrogen-bond donors (Lipinski definition) is 2. The van der Waals surface area contributed by atoms with Gasteiger partial charge in [0.25, 0.3) is 5.91 Å². The van der Waals surface area contributed by atoms with Crippen molar-refractivity contribution in [3.8, 4) is 11.5 Å². The topological polar surface area (TPSA) is 82.8 Å². The van der Waals surface area contributed by atoms with Crippen LogP contribution in [0.1, 0.15) is 0 Å². The summed E-state index contributed by atoms with van der Waals surface area (Å²) in [5.41, 5.74) is 5.98. The standard InChI is InChI=1S/C12H18N2O4/c1-16-9-4-8(5-10(6-9)17-2)14-12(15)11(7-13)18-3/h4-6,11H,7,13H2,1-3H3,(H,14,15). The molecule has 1 rings (SSSR count). The maximum absolute atomic E-state index is 11.8. The molecule has 3 N–H and O–H groups in total. The minimum Gasteiger partial charge on any atom is -0.497 e. The zero-order valence-electron chi connectivity index (χ0n) is 10.7. The summed E-state index contributed by atoms with van der Waals surface area (Å²) >= 11 is 0. The fourth-order valence-electron chi connectivity index (χ4n) is 1.41. The van der Waals surface area contributed by atoms with Gasteiger partial charge in [0, 0.05) is 37.5 Å². The Morgan fingerprint density at radius 2 is 1.78 bits per heavy atom. The van der Waals surface area contributed by atoms with Gasteiger partial charge in [-0.15, -0.1) is 0 Å². The number of rotatable bonds is 6. The molecule has 0 spiro atoms. The van der Waals surface area contributed by atoms with Crippen molar-refractivity contribution in [2.75, 3.05) is 33.2 Å². The first-order chi connectivity index (χ1) is 8.64. The maximum Gasteiger partial charge on any atom is 0.254 e. The summed E-state index contributed by atoms with van der Waals surface area (Å²) in [5, 5.41) is 2.69. The molecule has 0 fully saturated rings. The summed E-state index contributed by atoms with van der Waals surface area (Å²) in [6.45, 7) is 0.115. The summed E-state index contributed by atoms with van der Waals surface area (Å²) in [6.07, 6.45) is -0.679. The van der Waals surface area contributed by atoms with E-state index in [0.29, 0.717) is 17.2 Å². The molecule has 6 heteroatoms. The quantitative estimate of drug-likeness (QED) is 0.777. The molecule has 0 aliphatic heterocycles. The van der Waals surface area contributed by atoms with Crippen molar-refractivity contribution in [1.82, 2.24) is 0 Å². The Hall–Kier alpha value is -1.79. The lowest BCUT2D eigenvalue weighted by atomic mass is 10.2. The molecule has 0 saturated heterocycles. The van der Waals surface area contributed by atoms with Crippen molar-refractivity contribution in [2.45, 2.75) is 6.10 Å². The fourth-order valence-corrected chi connectivity index (χ4v) is 1.41. The number of benzene rings is 1. The van der Waals surface area contributed by atoms with Crippen LogP contribution >= 0.6 is 0 Å². The Bertz CT molecular complexity index is 383. The highest BCUT2D eigenvalue weighted by Crippen LogP contribution is 2.25. The Balaban J connectivity index is 2.86. The zero-order valence-corrected chi connectivity index (χ0v) is 10.7. The summed E-state index contributed by atoms with van der Waals surface area (Å²) in [7, 11) is 4.51. The number of hydrogen-bond acceptors (Lipinski definition) is 5. The van der Waals surface area contributed by atoms with Gasteiger partial charge < -0.3 is 25.3 Å². The number of amides is 1. The first-order valence-electron chi connectivity index (χ1n) is 5.41. The van der Waals surface area contributed by atoms with Gasteiger partial charge in [-0.1, -0.05) is 0 Å². The third kappa shape index (κ3) is 3.61. The summed E-state index contributed by atoms with van der Waals surface area (Å²) in [4.78, 5) is 11.8. The van der Waals surface area contributed by atoms with Gasteiger partial charge in [-0.05, 0) is 0 Å². The van der Waals surface area contributed by atoms with Crippen LogP contribution in [0.4, 0.5) is 5.69 Å². The van der Waals surface area contributed by atoms with Crippen LogP contribution in [0, 0.1) is 0 Å². The van der Waals surface area contributed by atoms with E-state index in [-0.39, 0.29) is 12.5 Å². The molecule has 0 bridgehead atoms. The second kappa shape index (κ2) is 6.83. The molecule has 0 saturated carbocycles. The van der Waals surface area contributed by atoms with Crippen LogP contribution in [0.3, 0.4) is 0 Å². The molecule has 1 aromatic carbocycles. The zero-order chi connectivity index (χ0) is 13.5. The molecule has 0 radical (unpaired) electrons. The van der Waals surface area contributed by atoms with Crippen molar-refractivity contribution in [3.05, 3.63) is 18.2 Å². The Kier molecular flexibility index (Phi) is 5.41. The van der Waals surface area contributed by atoms with E-state index in [1.807, 2.05) is 0 Å². The molecular weight excluding hydrogens is 236 g/mol. The molecule has 100 valence electrons. The SMILES string of the molecule is COc1cc(NC(=O)C(CN)OC)cc(OC)c1. The van der Waals surface area contributed by atoms with Crippen molar-refractivity contribution in [1.29, 1.82) is 0 Å². The highest BCUT2D eigenvalue weighted by molar-refractivity contribution is 5.94. The lowest BCUT2D eigenvalue weighted by Gasteiger charge is -2.14. The largest absolute Gasteiger partial charge is 0.497 e. The summed E-state index contributed by atoms with van der Waals surface area (Å²) in [5.74, 6) is 0.869. The average Bonchev–Trinajstić information content (AvgIpc) is 2.39. The second-order valence-corrected chi connectivity index (χ2v) is 3.55. The fraction of sp³-hybridized carbons (Fsp3) is 0.417. The molecule has 18 heavy (non-hydrogen) atoms. The smallest absolute Gasteiger partial charge is 0.254 e. The molecule has 6 nitrogen and oxygen atoms in total. The van der Waals surface area contributed by atoms with Gasteiger partial charge in [0.1, 0.15) is 17.6 Å². The molecule has 0 aliphatic carbocycles. The Morgan fingerprint density at radius 1 is 1.22 bits per heavy atom. The van der Waals surface area contributed by atoms with Crippen LogP contribution in [0.5, 0.6) is 11.5 Å². The predicted molar refractivity (Wildman–Crippen MR) is 68.0 cm³/mol. The van der Waals surface area contributed by atoms with Crippen molar-refractivity contribution in [2.24, 2.45) is 5.73 Å². The third-order valence-corrected chi connectivity index (χ3v) is 2.41. The van der Waals surface area contributed by atoms with Crippen LogP contribution in [0.15, 0.2) is 18.2 Å². The predicted octanol–water partition coefficient (Wildman–Crippen LogP) is 0.616. The van der Waals surface area contributed by atoms with Crippen LogP contribution in [0.25, 0.3) is 0 Å². The number of anilines is 1. The lowest BCUT2D eigenvalue weighted by Crippen LogP contribution is -2.35. The first kappa shape index (κ1) is 14.3. The van der Waals surface area contributed by atoms with Crippen molar-refractivity contribution in [3.63, 3.8) is 0 Å². The molecule has 1 aromatic rings. The molecule has 1 unspecified atom stereocenters. The minimum absolute atomic E-state index is 0.115. The van der Waals surface area contributed by atoms with E-state index in [2.05, 4.69) is 5.32 Å². The van der Waals surface area contributed by atoms with E-state index in [1.165, 1.54) is 21.3 Å². The number of ether oxygens (including phenoxy) is 3. The van der Waals surface area contributed by atoms with Gasteiger partial charge in [0.2, 0.25) is 0 Å². The third-order valence-electron chi connectivity index (χ3n) is 2.41. The molecule has 0 aliphatic rings. The van der Waals surface area contributed by atoms with E-state index >= 15 is 0 Å². The van der Waals surface area contributed by atoms with Crippen LogP contribution in [-0.4, -0.2) is 39.9 Å². The number of nitrogens with one attached hydrogen (secondary N) is 1. The number of carbonyl (C=O) groups is 1. The van der Waals surface area contributed by atoms with Gasteiger partial charge in [-0.3, -0.25) is 4.79 Å². The molecule has 1 atom stereocenters. The van der Waals surface area contributed by atoms with Crippen LogP contribution in [0.2, 0.25) is 0 Å². The summed E-state index contributed by atoms with van der Waals surface area (Å²) in [6, 6.07) is 5.08. The number of nitrogens with two attached hydrogens (primary N) is 1. The first-order valence-corrected chi connectivity index (χ1v) is 5.41. The Labute approximate surface area is 106 Å².